The molecular formula is C15H23NO. The van der Waals surface area contributed by atoms with Gasteiger partial charge in [-0.15, -0.1) is 0 Å². The van der Waals surface area contributed by atoms with Gasteiger partial charge in [0.25, 0.3) is 0 Å². The lowest BCUT2D eigenvalue weighted by atomic mass is 9.64. The summed E-state index contributed by atoms with van der Waals surface area (Å²) in [4.78, 5) is 4.02. The summed E-state index contributed by atoms with van der Waals surface area (Å²) in [5.74, 6) is 0.602. The van der Waals surface area contributed by atoms with Crippen LogP contribution in [0.25, 0.3) is 0 Å². The molecular weight excluding hydrogens is 210 g/mol. The topological polar surface area (TPSA) is 33.1 Å². The number of aliphatic hydroxyl groups is 1. The van der Waals surface area contributed by atoms with Crippen LogP contribution < -0.4 is 0 Å². The fourth-order valence-corrected chi connectivity index (χ4v) is 3.71. The van der Waals surface area contributed by atoms with Crippen molar-refractivity contribution in [3.05, 3.63) is 30.1 Å². The van der Waals surface area contributed by atoms with Crippen molar-refractivity contribution in [3.63, 3.8) is 0 Å². The number of hydrogen-bond donors (Lipinski definition) is 1. The first-order valence-electron chi connectivity index (χ1n) is 6.50. The van der Waals surface area contributed by atoms with Crippen molar-refractivity contribution in [3.8, 4) is 0 Å². The zero-order valence-corrected chi connectivity index (χ0v) is 11.1. The van der Waals surface area contributed by atoms with E-state index < -0.39 is 5.60 Å². The van der Waals surface area contributed by atoms with Gasteiger partial charge < -0.3 is 5.11 Å². The lowest BCUT2D eigenvalue weighted by molar-refractivity contribution is -0.0574. The van der Waals surface area contributed by atoms with Crippen molar-refractivity contribution in [2.75, 3.05) is 0 Å². The van der Waals surface area contributed by atoms with E-state index in [1.165, 1.54) is 12.0 Å². The highest BCUT2D eigenvalue weighted by Gasteiger charge is 2.41. The van der Waals surface area contributed by atoms with Gasteiger partial charge in [0.05, 0.1) is 5.60 Å². The first kappa shape index (κ1) is 12.6. The fourth-order valence-electron chi connectivity index (χ4n) is 3.71. The average Bonchev–Trinajstić information content (AvgIpc) is 2.13. The molecule has 2 heteroatoms. The van der Waals surface area contributed by atoms with E-state index in [-0.39, 0.29) is 5.41 Å². The molecule has 94 valence electrons. The summed E-state index contributed by atoms with van der Waals surface area (Å²) < 4.78 is 0. The second-order valence-corrected chi connectivity index (χ2v) is 6.61. The van der Waals surface area contributed by atoms with Gasteiger partial charge in [0.2, 0.25) is 0 Å². The van der Waals surface area contributed by atoms with E-state index in [4.69, 9.17) is 0 Å². The Bertz CT molecular complexity index is 374. The van der Waals surface area contributed by atoms with Crippen LogP contribution in [-0.4, -0.2) is 15.7 Å². The minimum atomic E-state index is -0.539. The van der Waals surface area contributed by atoms with E-state index in [1.807, 2.05) is 12.1 Å². The molecule has 0 saturated heterocycles. The summed E-state index contributed by atoms with van der Waals surface area (Å²) in [6.45, 7) is 6.78. The maximum Gasteiger partial charge on any atom is 0.0695 e. The fraction of sp³-hybridized carbons (Fsp3) is 0.667. The highest BCUT2D eigenvalue weighted by Crippen LogP contribution is 2.45. The smallest absolute Gasteiger partial charge is 0.0695 e. The van der Waals surface area contributed by atoms with Crippen LogP contribution in [0.15, 0.2) is 24.5 Å². The Kier molecular flexibility index (Phi) is 3.26. The molecule has 2 unspecified atom stereocenters. The van der Waals surface area contributed by atoms with Crippen LogP contribution in [-0.2, 0) is 6.42 Å². The molecule has 2 nitrogen and oxygen atoms in total. The average molecular weight is 233 g/mol. The molecule has 2 rings (SSSR count). The van der Waals surface area contributed by atoms with E-state index in [2.05, 4.69) is 25.8 Å². The molecule has 0 radical (unpaired) electrons. The van der Waals surface area contributed by atoms with Crippen molar-refractivity contribution in [1.29, 1.82) is 0 Å². The van der Waals surface area contributed by atoms with Gasteiger partial charge in [-0.2, -0.15) is 0 Å². The van der Waals surface area contributed by atoms with E-state index in [0.717, 1.165) is 19.3 Å². The Morgan fingerprint density at radius 1 is 1.29 bits per heavy atom. The minimum absolute atomic E-state index is 0.249. The van der Waals surface area contributed by atoms with Crippen LogP contribution in [0.4, 0.5) is 0 Å². The molecule has 1 N–H and O–H groups in total. The Morgan fingerprint density at radius 3 is 2.53 bits per heavy atom. The van der Waals surface area contributed by atoms with Gasteiger partial charge in [-0.25, -0.2) is 0 Å². The molecule has 0 amide bonds. The third-order valence-electron chi connectivity index (χ3n) is 3.72. The van der Waals surface area contributed by atoms with E-state index in [1.54, 1.807) is 12.4 Å². The first-order chi connectivity index (χ1) is 7.89. The third kappa shape index (κ3) is 3.29. The van der Waals surface area contributed by atoms with Crippen molar-refractivity contribution in [2.24, 2.45) is 11.3 Å². The second kappa shape index (κ2) is 4.41. The molecule has 0 spiro atoms. The van der Waals surface area contributed by atoms with Crippen LogP contribution in [0.2, 0.25) is 0 Å². The molecule has 1 saturated carbocycles. The number of rotatable bonds is 2. The van der Waals surface area contributed by atoms with Crippen molar-refractivity contribution < 1.29 is 5.11 Å². The van der Waals surface area contributed by atoms with Gasteiger partial charge in [-0.05, 0) is 48.3 Å². The molecule has 0 bridgehead atoms. The van der Waals surface area contributed by atoms with E-state index >= 15 is 0 Å². The number of hydrogen-bond acceptors (Lipinski definition) is 2. The highest BCUT2D eigenvalue weighted by atomic mass is 16.3. The Hall–Kier alpha value is -0.890. The standard InChI is InChI=1S/C15H23NO/c1-12-8-14(2,3)11-15(17,9-12)10-13-4-6-16-7-5-13/h4-7,12,17H,8-11H2,1-3H3. The zero-order valence-electron chi connectivity index (χ0n) is 11.1. The molecule has 1 aromatic rings. The summed E-state index contributed by atoms with van der Waals surface area (Å²) in [7, 11) is 0. The quantitative estimate of drug-likeness (QED) is 0.851. The van der Waals surface area contributed by atoms with Crippen molar-refractivity contribution >= 4 is 0 Å². The van der Waals surface area contributed by atoms with Gasteiger partial charge in [0, 0.05) is 18.8 Å². The van der Waals surface area contributed by atoms with Crippen molar-refractivity contribution in [1.82, 2.24) is 4.98 Å². The third-order valence-corrected chi connectivity index (χ3v) is 3.72. The Balaban J connectivity index is 2.13. The Morgan fingerprint density at radius 2 is 1.94 bits per heavy atom. The van der Waals surface area contributed by atoms with Gasteiger partial charge in [0.15, 0.2) is 0 Å². The SMILES string of the molecule is CC1CC(C)(C)CC(O)(Cc2ccncc2)C1. The maximum absolute atomic E-state index is 10.8. The molecule has 1 aliphatic rings. The number of aromatic nitrogens is 1. The lowest BCUT2D eigenvalue weighted by Gasteiger charge is -2.44. The summed E-state index contributed by atoms with van der Waals surface area (Å²) in [5, 5.41) is 10.8. The van der Waals surface area contributed by atoms with Gasteiger partial charge in [0.1, 0.15) is 0 Å². The lowest BCUT2D eigenvalue weighted by Crippen LogP contribution is -2.43. The molecule has 1 fully saturated rings. The minimum Gasteiger partial charge on any atom is -0.390 e. The van der Waals surface area contributed by atoms with Crippen LogP contribution >= 0.6 is 0 Å². The zero-order chi connectivity index (χ0) is 12.5. The van der Waals surface area contributed by atoms with Crippen molar-refractivity contribution in [2.45, 2.75) is 52.1 Å². The Labute approximate surface area is 104 Å². The van der Waals surface area contributed by atoms with Crippen LogP contribution in [0.1, 0.15) is 45.6 Å². The largest absolute Gasteiger partial charge is 0.390 e. The van der Waals surface area contributed by atoms with E-state index in [0.29, 0.717) is 5.92 Å². The van der Waals surface area contributed by atoms with E-state index in [9.17, 15) is 5.11 Å². The van der Waals surface area contributed by atoms with Gasteiger partial charge in [-0.3, -0.25) is 4.98 Å². The predicted octanol–water partition coefficient (Wildman–Crippen LogP) is 3.20. The monoisotopic (exact) mass is 233 g/mol. The summed E-state index contributed by atoms with van der Waals surface area (Å²) in [5.41, 5.74) is 0.898. The summed E-state index contributed by atoms with van der Waals surface area (Å²) in [6.07, 6.45) is 7.38. The van der Waals surface area contributed by atoms with Crippen LogP contribution in [0.5, 0.6) is 0 Å². The van der Waals surface area contributed by atoms with Gasteiger partial charge in [-0.1, -0.05) is 20.8 Å². The molecule has 2 atom stereocenters. The van der Waals surface area contributed by atoms with Crippen LogP contribution in [0, 0.1) is 11.3 Å². The molecule has 0 aliphatic heterocycles. The predicted molar refractivity (Wildman–Crippen MR) is 69.7 cm³/mol. The van der Waals surface area contributed by atoms with Crippen LogP contribution in [0.3, 0.4) is 0 Å². The van der Waals surface area contributed by atoms with Gasteiger partial charge >= 0.3 is 0 Å². The summed E-state index contributed by atoms with van der Waals surface area (Å²) in [6, 6.07) is 4.01. The molecule has 1 aliphatic carbocycles. The highest BCUT2D eigenvalue weighted by molar-refractivity contribution is 5.14. The number of pyridine rings is 1. The number of nitrogens with zero attached hydrogens (tertiary/aromatic N) is 1. The summed E-state index contributed by atoms with van der Waals surface area (Å²) >= 11 is 0. The first-order valence-corrected chi connectivity index (χ1v) is 6.50. The normalized spacial score (nSPS) is 32.4. The molecule has 1 heterocycles. The second-order valence-electron chi connectivity index (χ2n) is 6.61. The maximum atomic E-state index is 10.8. The molecule has 17 heavy (non-hydrogen) atoms. The molecule has 0 aromatic carbocycles. The molecule has 1 aromatic heterocycles.